The molecule has 3 aromatic carbocycles. The topological polar surface area (TPSA) is 92.6 Å². The molecule has 0 spiro atoms. The molecule has 3 N–H and O–H groups in total. The van der Waals surface area contributed by atoms with E-state index in [0.29, 0.717) is 64.2 Å². The van der Waals surface area contributed by atoms with Crippen LogP contribution < -0.4 is 20.7 Å². The summed E-state index contributed by atoms with van der Waals surface area (Å²) >= 11 is 0. The number of carbonyl (C=O) groups excluding carboxylic acids is 2. The third-order valence-corrected chi connectivity index (χ3v) is 7.11. The molecular formula is C32H34FN3O4. The van der Waals surface area contributed by atoms with Gasteiger partial charge in [-0.1, -0.05) is 19.9 Å². The molecule has 8 heteroatoms. The minimum atomic E-state index is -0.373. The number of carbonyl (C=O) groups is 2. The third-order valence-electron chi connectivity index (χ3n) is 7.11. The Hall–Kier alpha value is -4.17. The van der Waals surface area contributed by atoms with Crippen LogP contribution in [0, 0.1) is 17.7 Å². The predicted octanol–water partition coefficient (Wildman–Crippen LogP) is 5.64. The molecule has 4 aromatic rings. The Balaban J connectivity index is 1.59. The number of ether oxygens (including phenoxy) is 1. The number of hydrogen-bond acceptors (Lipinski definition) is 5. The predicted molar refractivity (Wildman–Crippen MR) is 154 cm³/mol. The molecule has 1 atom stereocenters. The number of hydrogen-bond donors (Lipinski definition) is 3. The number of nitrogens with one attached hydrogen (secondary N) is 3. The fourth-order valence-corrected chi connectivity index (χ4v) is 4.91. The highest BCUT2D eigenvalue weighted by Crippen LogP contribution is 2.38. The molecule has 1 fully saturated rings. The zero-order valence-corrected chi connectivity index (χ0v) is 23.0. The van der Waals surface area contributed by atoms with Crippen molar-refractivity contribution in [2.45, 2.75) is 20.3 Å². The maximum Gasteiger partial charge on any atom is 0.255 e. The Morgan fingerprint density at radius 2 is 1.82 bits per heavy atom. The van der Waals surface area contributed by atoms with E-state index < -0.39 is 0 Å². The van der Waals surface area contributed by atoms with Crippen molar-refractivity contribution in [2.75, 3.05) is 33.3 Å². The van der Waals surface area contributed by atoms with Crippen molar-refractivity contribution in [3.05, 3.63) is 77.6 Å². The molecule has 1 aliphatic rings. The van der Waals surface area contributed by atoms with Crippen LogP contribution in [0.1, 0.15) is 41.0 Å². The number of fused-ring (bicyclic) bond motifs is 1. The van der Waals surface area contributed by atoms with E-state index in [1.807, 2.05) is 38.1 Å². The highest BCUT2D eigenvalue weighted by atomic mass is 19.1. The van der Waals surface area contributed by atoms with Gasteiger partial charge in [-0.3, -0.25) is 9.59 Å². The molecule has 0 aliphatic carbocycles. The van der Waals surface area contributed by atoms with Crippen LogP contribution in [0.4, 0.5) is 4.39 Å². The molecule has 0 bridgehead atoms. The van der Waals surface area contributed by atoms with Crippen molar-refractivity contribution < 1.29 is 23.1 Å². The smallest absolute Gasteiger partial charge is 0.255 e. The van der Waals surface area contributed by atoms with E-state index in [0.717, 1.165) is 30.6 Å². The average molecular weight is 544 g/mol. The van der Waals surface area contributed by atoms with Crippen molar-refractivity contribution in [1.82, 2.24) is 16.0 Å². The summed E-state index contributed by atoms with van der Waals surface area (Å²) in [5, 5.41) is 9.64. The zero-order valence-electron chi connectivity index (χ0n) is 23.0. The summed E-state index contributed by atoms with van der Waals surface area (Å²) in [6.45, 7) is 7.11. The van der Waals surface area contributed by atoms with Gasteiger partial charge in [0.25, 0.3) is 11.8 Å². The van der Waals surface area contributed by atoms with Gasteiger partial charge in [-0.15, -0.1) is 0 Å². The van der Waals surface area contributed by atoms with Gasteiger partial charge in [-0.05, 0) is 79.0 Å². The maximum absolute atomic E-state index is 13.6. The molecule has 0 radical (unpaired) electrons. The molecule has 5 rings (SSSR count). The van der Waals surface area contributed by atoms with E-state index in [1.165, 1.54) is 12.1 Å². The van der Waals surface area contributed by atoms with Crippen molar-refractivity contribution >= 4 is 22.8 Å². The standard InChI is InChI=1S/C32H34FN3O4/c1-19(2)16-36-31(37)23-7-10-27(39-18-20-12-13-35-17-20)25(15-23)22-6-11-28-26(14-22)29(32(38)34-3)30(40-28)21-4-8-24(33)9-5-21/h4-11,14-15,19-20,35H,12-13,16-18H2,1-3H3,(H,34,38)(H,36,37). The van der Waals surface area contributed by atoms with Gasteiger partial charge in [0, 0.05) is 48.1 Å². The lowest BCUT2D eigenvalue weighted by Crippen LogP contribution is -2.27. The SMILES string of the molecule is CNC(=O)c1c(-c2ccc(F)cc2)oc2ccc(-c3cc(C(=O)NCC(C)C)ccc3OCC3CCNC3)cc12. The summed E-state index contributed by atoms with van der Waals surface area (Å²) in [7, 11) is 1.56. The molecule has 2 heterocycles. The van der Waals surface area contributed by atoms with Crippen molar-refractivity contribution in [3.63, 3.8) is 0 Å². The number of benzene rings is 3. The summed E-state index contributed by atoms with van der Waals surface area (Å²) in [4.78, 5) is 26.0. The third kappa shape index (κ3) is 5.87. The van der Waals surface area contributed by atoms with E-state index >= 15 is 0 Å². The lowest BCUT2D eigenvalue weighted by Gasteiger charge is -2.16. The van der Waals surface area contributed by atoms with Gasteiger partial charge in [0.05, 0.1) is 12.2 Å². The van der Waals surface area contributed by atoms with Gasteiger partial charge >= 0.3 is 0 Å². The Kier molecular flexibility index (Phi) is 8.16. The first-order valence-corrected chi connectivity index (χ1v) is 13.6. The minimum absolute atomic E-state index is 0.157. The van der Waals surface area contributed by atoms with Crippen molar-refractivity contribution in [1.29, 1.82) is 0 Å². The minimum Gasteiger partial charge on any atom is -0.493 e. The van der Waals surface area contributed by atoms with E-state index in [9.17, 15) is 14.0 Å². The highest BCUT2D eigenvalue weighted by Gasteiger charge is 2.23. The Morgan fingerprint density at radius 1 is 1.05 bits per heavy atom. The van der Waals surface area contributed by atoms with Crippen LogP contribution in [0.15, 0.2) is 65.1 Å². The summed E-state index contributed by atoms with van der Waals surface area (Å²) in [6, 6.07) is 16.9. The lowest BCUT2D eigenvalue weighted by atomic mass is 9.98. The van der Waals surface area contributed by atoms with Gasteiger partial charge in [-0.25, -0.2) is 4.39 Å². The van der Waals surface area contributed by atoms with E-state index in [2.05, 4.69) is 16.0 Å². The van der Waals surface area contributed by atoms with Gasteiger partial charge in [0.1, 0.15) is 22.9 Å². The molecule has 0 saturated carbocycles. The van der Waals surface area contributed by atoms with Crippen LogP contribution in [0.5, 0.6) is 5.75 Å². The van der Waals surface area contributed by atoms with Gasteiger partial charge in [-0.2, -0.15) is 0 Å². The first-order chi connectivity index (χ1) is 19.3. The molecule has 1 unspecified atom stereocenters. The Bertz CT molecular complexity index is 1520. The molecule has 7 nitrogen and oxygen atoms in total. The van der Waals surface area contributed by atoms with Gasteiger partial charge < -0.3 is 25.1 Å². The van der Waals surface area contributed by atoms with Crippen LogP contribution in [0.25, 0.3) is 33.4 Å². The second-order valence-corrected chi connectivity index (χ2v) is 10.6. The zero-order chi connectivity index (χ0) is 28.2. The first-order valence-electron chi connectivity index (χ1n) is 13.6. The van der Waals surface area contributed by atoms with E-state index in [1.54, 1.807) is 31.3 Å². The highest BCUT2D eigenvalue weighted by molar-refractivity contribution is 6.12. The molecule has 1 saturated heterocycles. The summed E-state index contributed by atoms with van der Waals surface area (Å²) in [6.07, 6.45) is 1.05. The maximum atomic E-state index is 13.6. The van der Waals surface area contributed by atoms with Gasteiger partial charge in [0.15, 0.2) is 0 Å². The summed E-state index contributed by atoms with van der Waals surface area (Å²) in [5.74, 6) is 0.915. The van der Waals surface area contributed by atoms with Crippen LogP contribution in [-0.2, 0) is 0 Å². The normalized spacial score (nSPS) is 15.0. The van der Waals surface area contributed by atoms with Crippen molar-refractivity contribution in [3.8, 4) is 28.2 Å². The van der Waals surface area contributed by atoms with Crippen molar-refractivity contribution in [2.24, 2.45) is 11.8 Å². The van der Waals surface area contributed by atoms with Crippen LogP contribution in [0.2, 0.25) is 0 Å². The Morgan fingerprint density at radius 3 is 2.52 bits per heavy atom. The molecule has 2 amide bonds. The van der Waals surface area contributed by atoms with Crippen LogP contribution >= 0.6 is 0 Å². The van der Waals surface area contributed by atoms with Crippen LogP contribution in [0.3, 0.4) is 0 Å². The number of furan rings is 1. The molecule has 40 heavy (non-hydrogen) atoms. The fraction of sp³-hybridized carbons (Fsp3) is 0.312. The number of halogens is 1. The number of amides is 2. The quantitative estimate of drug-likeness (QED) is 0.254. The van der Waals surface area contributed by atoms with E-state index in [4.69, 9.17) is 9.15 Å². The lowest BCUT2D eigenvalue weighted by molar-refractivity contribution is 0.0945. The van der Waals surface area contributed by atoms with E-state index in [-0.39, 0.29) is 17.6 Å². The largest absolute Gasteiger partial charge is 0.493 e. The molecular weight excluding hydrogens is 509 g/mol. The molecule has 208 valence electrons. The first kappa shape index (κ1) is 27.4. The average Bonchev–Trinajstić information content (AvgIpc) is 3.62. The fourth-order valence-electron chi connectivity index (χ4n) is 4.91. The number of rotatable bonds is 9. The summed E-state index contributed by atoms with van der Waals surface area (Å²) < 4.78 is 26.0. The van der Waals surface area contributed by atoms with Crippen LogP contribution in [-0.4, -0.2) is 45.1 Å². The summed E-state index contributed by atoms with van der Waals surface area (Å²) in [5.41, 5.74) is 3.52. The molecule has 1 aromatic heterocycles. The monoisotopic (exact) mass is 543 g/mol. The second kappa shape index (κ2) is 11.9. The van der Waals surface area contributed by atoms with Gasteiger partial charge in [0.2, 0.25) is 0 Å². The second-order valence-electron chi connectivity index (χ2n) is 10.6. The molecule has 1 aliphatic heterocycles. The Labute approximate surface area is 233 Å².